The highest BCUT2D eigenvalue weighted by atomic mass is 16.2. The fourth-order valence-corrected chi connectivity index (χ4v) is 2.52. The minimum absolute atomic E-state index is 0.00314. The minimum atomic E-state index is -0.201. The summed E-state index contributed by atoms with van der Waals surface area (Å²) in [5.74, 6) is -0.361. The molecule has 0 spiro atoms. The number of aryl methyl sites for hydroxylation is 2. The highest BCUT2D eigenvalue weighted by Gasteiger charge is 2.16. The molecule has 0 aliphatic rings. The fourth-order valence-electron chi connectivity index (χ4n) is 2.52. The maximum atomic E-state index is 12.4. The van der Waals surface area contributed by atoms with Gasteiger partial charge in [0.15, 0.2) is 0 Å². The summed E-state index contributed by atoms with van der Waals surface area (Å²) < 4.78 is 0. The topological polar surface area (TPSA) is 49.4 Å². The molecule has 23 heavy (non-hydrogen) atoms. The van der Waals surface area contributed by atoms with Crippen molar-refractivity contribution in [1.29, 1.82) is 0 Å². The minimum Gasteiger partial charge on any atom is -0.324 e. The van der Waals surface area contributed by atoms with E-state index in [1.807, 2.05) is 55.5 Å². The number of carbonyl (C=O) groups is 2. The number of benzene rings is 2. The smallest absolute Gasteiger partial charge is 0.244 e. The summed E-state index contributed by atoms with van der Waals surface area (Å²) in [5.41, 5.74) is 3.67. The Morgan fingerprint density at radius 2 is 1.74 bits per heavy atom. The van der Waals surface area contributed by atoms with Crippen LogP contribution < -0.4 is 10.2 Å². The van der Waals surface area contributed by atoms with Crippen molar-refractivity contribution in [2.45, 2.75) is 27.2 Å². The Hall–Kier alpha value is -2.62. The molecule has 0 fully saturated rings. The molecule has 120 valence electrons. The second-order valence-corrected chi connectivity index (χ2v) is 5.45. The van der Waals surface area contributed by atoms with E-state index >= 15 is 0 Å². The van der Waals surface area contributed by atoms with Crippen LogP contribution in [0, 0.1) is 6.92 Å². The van der Waals surface area contributed by atoms with Crippen LogP contribution in [0.1, 0.15) is 25.0 Å². The Bertz CT molecular complexity index is 696. The highest BCUT2D eigenvalue weighted by Crippen LogP contribution is 2.21. The zero-order valence-electron chi connectivity index (χ0n) is 13.8. The molecular formula is C19H22N2O2. The number of hydrogen-bond acceptors (Lipinski definition) is 2. The second kappa shape index (κ2) is 7.58. The molecular weight excluding hydrogens is 288 g/mol. The second-order valence-electron chi connectivity index (χ2n) is 5.45. The molecule has 0 atom stereocenters. The van der Waals surface area contributed by atoms with Crippen LogP contribution in [-0.4, -0.2) is 18.4 Å². The molecule has 4 nitrogen and oxygen atoms in total. The normalized spacial score (nSPS) is 10.2. The quantitative estimate of drug-likeness (QED) is 0.918. The maximum absolute atomic E-state index is 12.4. The molecule has 4 heteroatoms. The van der Waals surface area contributed by atoms with Gasteiger partial charge in [0.05, 0.1) is 0 Å². The lowest BCUT2D eigenvalue weighted by atomic mass is 10.1. The number of amides is 2. The summed E-state index contributed by atoms with van der Waals surface area (Å²) >= 11 is 0. The number of nitrogens with zero attached hydrogens (tertiary/aromatic N) is 1. The Labute approximate surface area is 137 Å². The Morgan fingerprint density at radius 1 is 1.04 bits per heavy atom. The Balaban J connectivity index is 2.16. The number of nitrogens with one attached hydrogen (secondary N) is 1. The van der Waals surface area contributed by atoms with Gasteiger partial charge in [0.25, 0.3) is 0 Å². The lowest BCUT2D eigenvalue weighted by Crippen LogP contribution is -2.36. The van der Waals surface area contributed by atoms with E-state index in [0.717, 1.165) is 28.9 Å². The van der Waals surface area contributed by atoms with Crippen molar-refractivity contribution in [2.75, 3.05) is 16.8 Å². The Kier molecular flexibility index (Phi) is 5.52. The van der Waals surface area contributed by atoms with Gasteiger partial charge in [0, 0.05) is 18.3 Å². The third kappa shape index (κ3) is 4.19. The van der Waals surface area contributed by atoms with Gasteiger partial charge in [-0.3, -0.25) is 9.59 Å². The van der Waals surface area contributed by atoms with Crippen LogP contribution >= 0.6 is 0 Å². The van der Waals surface area contributed by atoms with E-state index in [0.29, 0.717) is 0 Å². The molecule has 0 aliphatic heterocycles. The molecule has 0 radical (unpaired) electrons. The van der Waals surface area contributed by atoms with Gasteiger partial charge in [-0.15, -0.1) is 0 Å². The molecule has 2 aromatic carbocycles. The molecule has 2 rings (SSSR count). The van der Waals surface area contributed by atoms with E-state index in [1.54, 1.807) is 0 Å². The van der Waals surface area contributed by atoms with Gasteiger partial charge in [-0.25, -0.2) is 0 Å². The average molecular weight is 310 g/mol. The van der Waals surface area contributed by atoms with Crippen molar-refractivity contribution in [3.8, 4) is 0 Å². The summed E-state index contributed by atoms with van der Waals surface area (Å²) in [6, 6.07) is 15.2. The van der Waals surface area contributed by atoms with Gasteiger partial charge in [-0.2, -0.15) is 0 Å². The lowest BCUT2D eigenvalue weighted by molar-refractivity contribution is -0.120. The first kappa shape index (κ1) is 16.7. The molecule has 0 unspecified atom stereocenters. The largest absolute Gasteiger partial charge is 0.324 e. The molecule has 2 amide bonds. The summed E-state index contributed by atoms with van der Waals surface area (Å²) in [4.78, 5) is 25.8. The standard InChI is InChI=1S/C19H22N2O2/c1-4-16-10-8-9-14(2)19(16)20-18(23)13-21(15(3)22)17-11-6-5-7-12-17/h5-12H,4,13H2,1-3H3,(H,20,23). The first-order chi connectivity index (χ1) is 11.0. The summed E-state index contributed by atoms with van der Waals surface area (Å²) in [7, 11) is 0. The van der Waals surface area contributed by atoms with Crippen LogP contribution in [0.4, 0.5) is 11.4 Å². The highest BCUT2D eigenvalue weighted by molar-refractivity contribution is 6.02. The zero-order chi connectivity index (χ0) is 16.8. The van der Waals surface area contributed by atoms with Crippen LogP contribution in [0.5, 0.6) is 0 Å². The molecule has 0 bridgehead atoms. The molecule has 1 N–H and O–H groups in total. The van der Waals surface area contributed by atoms with E-state index in [9.17, 15) is 9.59 Å². The molecule has 0 saturated heterocycles. The SMILES string of the molecule is CCc1cccc(C)c1NC(=O)CN(C(C)=O)c1ccccc1. The van der Waals surface area contributed by atoms with Crippen molar-refractivity contribution in [3.63, 3.8) is 0 Å². The van der Waals surface area contributed by atoms with E-state index in [4.69, 9.17) is 0 Å². The number of anilines is 2. The van der Waals surface area contributed by atoms with Crippen LogP contribution in [-0.2, 0) is 16.0 Å². The van der Waals surface area contributed by atoms with Crippen LogP contribution in [0.3, 0.4) is 0 Å². The van der Waals surface area contributed by atoms with Crippen molar-refractivity contribution in [3.05, 3.63) is 59.7 Å². The lowest BCUT2D eigenvalue weighted by Gasteiger charge is -2.21. The fraction of sp³-hybridized carbons (Fsp3) is 0.263. The number of carbonyl (C=O) groups excluding carboxylic acids is 2. The molecule has 0 aromatic heterocycles. The van der Waals surface area contributed by atoms with E-state index in [-0.39, 0.29) is 18.4 Å². The van der Waals surface area contributed by atoms with Gasteiger partial charge in [0.1, 0.15) is 6.54 Å². The van der Waals surface area contributed by atoms with Crippen molar-refractivity contribution in [2.24, 2.45) is 0 Å². The third-order valence-corrected chi connectivity index (χ3v) is 3.75. The molecule has 2 aromatic rings. The van der Waals surface area contributed by atoms with Gasteiger partial charge >= 0.3 is 0 Å². The van der Waals surface area contributed by atoms with E-state index in [1.165, 1.54) is 11.8 Å². The molecule has 0 aliphatic carbocycles. The monoisotopic (exact) mass is 310 g/mol. The van der Waals surface area contributed by atoms with Gasteiger partial charge < -0.3 is 10.2 Å². The summed E-state index contributed by atoms with van der Waals surface area (Å²) in [6.07, 6.45) is 0.840. The van der Waals surface area contributed by atoms with E-state index < -0.39 is 0 Å². The summed E-state index contributed by atoms with van der Waals surface area (Å²) in [6.45, 7) is 5.48. The number of para-hydroxylation sites is 2. The van der Waals surface area contributed by atoms with Crippen LogP contribution in [0.25, 0.3) is 0 Å². The Morgan fingerprint density at radius 3 is 2.35 bits per heavy atom. The number of hydrogen-bond donors (Lipinski definition) is 1. The summed E-state index contributed by atoms with van der Waals surface area (Å²) in [5, 5.41) is 2.95. The zero-order valence-corrected chi connectivity index (χ0v) is 13.8. The third-order valence-electron chi connectivity index (χ3n) is 3.75. The van der Waals surface area contributed by atoms with Gasteiger partial charge in [-0.05, 0) is 36.6 Å². The predicted molar refractivity (Wildman–Crippen MR) is 93.7 cm³/mol. The molecule has 0 heterocycles. The van der Waals surface area contributed by atoms with Gasteiger partial charge in [-0.1, -0.05) is 43.3 Å². The maximum Gasteiger partial charge on any atom is 0.244 e. The van der Waals surface area contributed by atoms with Crippen molar-refractivity contribution < 1.29 is 9.59 Å². The van der Waals surface area contributed by atoms with E-state index in [2.05, 4.69) is 12.2 Å². The predicted octanol–water partition coefficient (Wildman–Crippen LogP) is 3.55. The van der Waals surface area contributed by atoms with Crippen molar-refractivity contribution >= 4 is 23.2 Å². The van der Waals surface area contributed by atoms with Gasteiger partial charge in [0.2, 0.25) is 11.8 Å². The number of rotatable bonds is 5. The van der Waals surface area contributed by atoms with Crippen molar-refractivity contribution in [1.82, 2.24) is 0 Å². The van der Waals surface area contributed by atoms with Crippen LogP contribution in [0.15, 0.2) is 48.5 Å². The first-order valence-corrected chi connectivity index (χ1v) is 7.74. The molecule has 0 saturated carbocycles. The first-order valence-electron chi connectivity index (χ1n) is 7.74. The van der Waals surface area contributed by atoms with Crippen LogP contribution in [0.2, 0.25) is 0 Å². The average Bonchev–Trinajstić information content (AvgIpc) is 2.55.